The summed E-state index contributed by atoms with van der Waals surface area (Å²) < 4.78 is 0. The van der Waals surface area contributed by atoms with E-state index in [4.69, 9.17) is 0 Å². The van der Waals surface area contributed by atoms with E-state index in [0.717, 1.165) is 5.92 Å². The summed E-state index contributed by atoms with van der Waals surface area (Å²) in [4.78, 5) is 0. The van der Waals surface area contributed by atoms with Crippen molar-refractivity contribution in [3.63, 3.8) is 0 Å². The molecule has 0 saturated carbocycles. The Morgan fingerprint density at radius 3 is 2.33 bits per heavy atom. The molecule has 0 rings (SSSR count). The van der Waals surface area contributed by atoms with Crippen molar-refractivity contribution in [1.82, 2.24) is 0 Å². The topological polar surface area (TPSA) is 0 Å². The first kappa shape index (κ1) is 8.74. The summed E-state index contributed by atoms with van der Waals surface area (Å²) in [7, 11) is 0. The van der Waals surface area contributed by atoms with Crippen molar-refractivity contribution in [2.45, 2.75) is 40.0 Å². The standard InChI is InChI=1S/C9H18/c1-4-5-6-7-8-9(2)3/h5-6,9H,4,7-8H2,1-3H3/b6-5+. The Bertz CT molecular complexity index is 70.1. The lowest BCUT2D eigenvalue weighted by molar-refractivity contribution is 0.594. The van der Waals surface area contributed by atoms with Gasteiger partial charge in [0.1, 0.15) is 0 Å². The predicted molar refractivity (Wildman–Crippen MR) is 43.5 cm³/mol. The first-order valence-electron chi connectivity index (χ1n) is 3.92. The molecular formula is C9H18. The van der Waals surface area contributed by atoms with Gasteiger partial charge in [-0.1, -0.05) is 32.9 Å². The summed E-state index contributed by atoms with van der Waals surface area (Å²) >= 11 is 0. The Hall–Kier alpha value is -0.260. The third kappa shape index (κ3) is 7.74. The van der Waals surface area contributed by atoms with Crippen molar-refractivity contribution in [2.75, 3.05) is 0 Å². The van der Waals surface area contributed by atoms with Crippen LogP contribution >= 0.6 is 0 Å². The Kier molecular flexibility index (Phi) is 5.70. The molecule has 0 aliphatic rings. The molecule has 0 radical (unpaired) electrons. The maximum absolute atomic E-state index is 2.28. The summed E-state index contributed by atoms with van der Waals surface area (Å²) in [5.41, 5.74) is 0. The van der Waals surface area contributed by atoms with Crippen LogP contribution in [-0.2, 0) is 0 Å². The second kappa shape index (κ2) is 5.87. The minimum absolute atomic E-state index is 0.853. The van der Waals surface area contributed by atoms with Gasteiger partial charge in [0.2, 0.25) is 0 Å². The fraction of sp³-hybridized carbons (Fsp3) is 0.778. The van der Waals surface area contributed by atoms with E-state index >= 15 is 0 Å². The zero-order valence-electron chi connectivity index (χ0n) is 6.85. The van der Waals surface area contributed by atoms with Gasteiger partial charge in [0.05, 0.1) is 0 Å². The molecule has 0 aromatic heterocycles. The Balaban J connectivity index is 2.99. The predicted octanol–water partition coefficient (Wildman–Crippen LogP) is 3.39. The fourth-order valence-corrected chi connectivity index (χ4v) is 0.714. The molecule has 0 aliphatic carbocycles. The van der Waals surface area contributed by atoms with Gasteiger partial charge in [-0.05, 0) is 25.2 Å². The van der Waals surface area contributed by atoms with Gasteiger partial charge in [-0.15, -0.1) is 0 Å². The molecule has 0 aromatic carbocycles. The molecule has 0 saturated heterocycles. The minimum atomic E-state index is 0.853. The van der Waals surface area contributed by atoms with Crippen LogP contribution in [0.4, 0.5) is 0 Å². The number of rotatable bonds is 4. The van der Waals surface area contributed by atoms with E-state index in [1.165, 1.54) is 19.3 Å². The van der Waals surface area contributed by atoms with Crippen LogP contribution in [0.15, 0.2) is 12.2 Å². The molecule has 54 valence electrons. The van der Waals surface area contributed by atoms with E-state index in [1.807, 2.05) is 0 Å². The van der Waals surface area contributed by atoms with Gasteiger partial charge in [-0.2, -0.15) is 0 Å². The van der Waals surface area contributed by atoms with Crippen LogP contribution in [0.3, 0.4) is 0 Å². The van der Waals surface area contributed by atoms with E-state index in [1.54, 1.807) is 0 Å². The fourth-order valence-electron chi connectivity index (χ4n) is 0.714. The summed E-state index contributed by atoms with van der Waals surface area (Å²) in [6.45, 7) is 6.70. The van der Waals surface area contributed by atoms with Crippen LogP contribution in [0.25, 0.3) is 0 Å². The largest absolute Gasteiger partial charge is 0.0888 e. The van der Waals surface area contributed by atoms with Crippen molar-refractivity contribution in [2.24, 2.45) is 5.92 Å². The average Bonchev–Trinajstić information content (AvgIpc) is 1.80. The lowest BCUT2D eigenvalue weighted by atomic mass is 10.1. The van der Waals surface area contributed by atoms with Crippen LogP contribution in [0.2, 0.25) is 0 Å². The van der Waals surface area contributed by atoms with Gasteiger partial charge in [-0.25, -0.2) is 0 Å². The zero-order chi connectivity index (χ0) is 7.11. The van der Waals surface area contributed by atoms with Crippen LogP contribution in [-0.4, -0.2) is 0 Å². The quantitative estimate of drug-likeness (QED) is 0.506. The maximum atomic E-state index is 2.28. The smallest absolute Gasteiger partial charge is 0.0348 e. The average molecular weight is 126 g/mol. The highest BCUT2D eigenvalue weighted by Gasteiger charge is 1.88. The van der Waals surface area contributed by atoms with Crippen molar-refractivity contribution in [3.05, 3.63) is 12.2 Å². The molecule has 0 heterocycles. The van der Waals surface area contributed by atoms with Gasteiger partial charge >= 0.3 is 0 Å². The maximum Gasteiger partial charge on any atom is -0.0348 e. The Morgan fingerprint density at radius 1 is 1.22 bits per heavy atom. The highest BCUT2D eigenvalue weighted by atomic mass is 13.9. The third-order valence-electron chi connectivity index (χ3n) is 1.31. The molecule has 0 atom stereocenters. The van der Waals surface area contributed by atoms with Crippen molar-refractivity contribution in [1.29, 1.82) is 0 Å². The highest BCUT2D eigenvalue weighted by molar-refractivity contribution is 4.79. The van der Waals surface area contributed by atoms with Crippen LogP contribution in [0.1, 0.15) is 40.0 Å². The molecule has 0 amide bonds. The number of hydrogen-bond acceptors (Lipinski definition) is 0. The van der Waals surface area contributed by atoms with Gasteiger partial charge in [0.15, 0.2) is 0 Å². The van der Waals surface area contributed by atoms with Gasteiger partial charge in [0, 0.05) is 0 Å². The van der Waals surface area contributed by atoms with E-state index in [9.17, 15) is 0 Å². The van der Waals surface area contributed by atoms with Gasteiger partial charge in [-0.3, -0.25) is 0 Å². The number of allylic oxidation sites excluding steroid dienone is 2. The van der Waals surface area contributed by atoms with E-state index in [0.29, 0.717) is 0 Å². The first-order chi connectivity index (χ1) is 4.27. The van der Waals surface area contributed by atoms with E-state index < -0.39 is 0 Å². The third-order valence-corrected chi connectivity index (χ3v) is 1.31. The van der Waals surface area contributed by atoms with Crippen LogP contribution < -0.4 is 0 Å². The van der Waals surface area contributed by atoms with Gasteiger partial charge < -0.3 is 0 Å². The highest BCUT2D eigenvalue weighted by Crippen LogP contribution is 2.03. The molecule has 9 heavy (non-hydrogen) atoms. The normalized spacial score (nSPS) is 11.6. The summed E-state index contributed by atoms with van der Waals surface area (Å²) in [6, 6.07) is 0. The molecule has 0 nitrogen and oxygen atoms in total. The molecule has 0 heteroatoms. The monoisotopic (exact) mass is 126 g/mol. The molecule has 0 aromatic rings. The van der Waals surface area contributed by atoms with E-state index in [-0.39, 0.29) is 0 Å². The minimum Gasteiger partial charge on any atom is -0.0888 e. The molecule has 0 bridgehead atoms. The van der Waals surface area contributed by atoms with E-state index in [2.05, 4.69) is 32.9 Å². The second-order valence-electron chi connectivity index (χ2n) is 2.85. The number of hydrogen-bond donors (Lipinski definition) is 0. The molecule has 0 unspecified atom stereocenters. The SMILES string of the molecule is CC/C=C/CCC(C)C. The Labute approximate surface area is 59.0 Å². The van der Waals surface area contributed by atoms with Crippen molar-refractivity contribution >= 4 is 0 Å². The van der Waals surface area contributed by atoms with Crippen molar-refractivity contribution < 1.29 is 0 Å². The molecule has 0 fully saturated rings. The first-order valence-corrected chi connectivity index (χ1v) is 3.92. The molecule has 0 aliphatic heterocycles. The van der Waals surface area contributed by atoms with Crippen LogP contribution in [0, 0.1) is 5.92 Å². The van der Waals surface area contributed by atoms with Crippen molar-refractivity contribution in [3.8, 4) is 0 Å². The van der Waals surface area contributed by atoms with Gasteiger partial charge in [0.25, 0.3) is 0 Å². The summed E-state index contributed by atoms with van der Waals surface area (Å²) in [5, 5.41) is 0. The molecular weight excluding hydrogens is 108 g/mol. The lowest BCUT2D eigenvalue weighted by Crippen LogP contribution is -1.83. The molecule has 0 spiro atoms. The molecule has 0 N–H and O–H groups in total. The zero-order valence-corrected chi connectivity index (χ0v) is 6.85. The summed E-state index contributed by atoms with van der Waals surface area (Å²) in [6.07, 6.45) is 8.28. The summed E-state index contributed by atoms with van der Waals surface area (Å²) in [5.74, 6) is 0.853. The van der Waals surface area contributed by atoms with Crippen LogP contribution in [0.5, 0.6) is 0 Å². The second-order valence-corrected chi connectivity index (χ2v) is 2.85. The lowest BCUT2D eigenvalue weighted by Gasteiger charge is -1.97. The Morgan fingerprint density at radius 2 is 1.89 bits per heavy atom.